The monoisotopic (exact) mass is 313 g/mol. The summed E-state index contributed by atoms with van der Waals surface area (Å²) in [6.07, 6.45) is 1.52. The fraction of sp³-hybridized carbons (Fsp3) is 0.125. The van der Waals surface area contributed by atoms with Crippen LogP contribution in [0, 0.1) is 0 Å². The number of hydrogen-bond acceptors (Lipinski definition) is 4. The van der Waals surface area contributed by atoms with Gasteiger partial charge in [0.1, 0.15) is 11.7 Å². The summed E-state index contributed by atoms with van der Waals surface area (Å²) in [4.78, 5) is 38.4. The standard InChI is InChI=1S/C16H15N3O4/c1-10(16(22)23)18-14(20)11-5-7-12(8-6-11)19-15(21)13-4-2-3-9-17-13/h2-10H,1H3,(H,18,20)(H,19,21)(H,22,23). The van der Waals surface area contributed by atoms with Crippen molar-refractivity contribution in [2.24, 2.45) is 0 Å². The molecular formula is C16H15N3O4. The van der Waals surface area contributed by atoms with Crippen LogP contribution in [0.3, 0.4) is 0 Å². The predicted molar refractivity (Wildman–Crippen MR) is 83.2 cm³/mol. The SMILES string of the molecule is CC(NC(=O)c1ccc(NC(=O)c2ccccn2)cc1)C(=O)O. The highest BCUT2D eigenvalue weighted by atomic mass is 16.4. The van der Waals surface area contributed by atoms with Crippen molar-refractivity contribution in [1.82, 2.24) is 10.3 Å². The molecule has 118 valence electrons. The van der Waals surface area contributed by atoms with Gasteiger partial charge < -0.3 is 15.7 Å². The van der Waals surface area contributed by atoms with Crippen molar-refractivity contribution in [2.45, 2.75) is 13.0 Å². The largest absolute Gasteiger partial charge is 0.480 e. The highest BCUT2D eigenvalue weighted by Crippen LogP contribution is 2.11. The number of benzene rings is 1. The maximum atomic E-state index is 11.9. The van der Waals surface area contributed by atoms with Gasteiger partial charge in [0.2, 0.25) is 0 Å². The molecular weight excluding hydrogens is 298 g/mol. The summed E-state index contributed by atoms with van der Waals surface area (Å²) in [5.74, 6) is -1.97. The number of nitrogens with one attached hydrogen (secondary N) is 2. The molecule has 0 saturated heterocycles. The third-order valence-corrected chi connectivity index (χ3v) is 3.02. The van der Waals surface area contributed by atoms with Crippen LogP contribution in [-0.2, 0) is 4.79 Å². The molecule has 1 heterocycles. The van der Waals surface area contributed by atoms with Crippen LogP contribution < -0.4 is 10.6 Å². The second-order valence-electron chi connectivity index (χ2n) is 4.78. The van der Waals surface area contributed by atoms with E-state index in [1.54, 1.807) is 30.3 Å². The Bertz CT molecular complexity index is 714. The number of amides is 2. The zero-order valence-corrected chi connectivity index (χ0v) is 12.3. The van der Waals surface area contributed by atoms with Gasteiger partial charge in [-0.05, 0) is 43.3 Å². The molecule has 2 aromatic rings. The van der Waals surface area contributed by atoms with Crippen LogP contribution in [0.4, 0.5) is 5.69 Å². The Hall–Kier alpha value is -3.22. The van der Waals surface area contributed by atoms with Crippen molar-refractivity contribution in [1.29, 1.82) is 0 Å². The van der Waals surface area contributed by atoms with E-state index in [0.29, 0.717) is 11.3 Å². The summed E-state index contributed by atoms with van der Waals surface area (Å²) >= 11 is 0. The molecule has 0 radical (unpaired) electrons. The highest BCUT2D eigenvalue weighted by molar-refractivity contribution is 6.03. The number of aliphatic carboxylic acids is 1. The number of carbonyl (C=O) groups is 3. The van der Waals surface area contributed by atoms with Crippen LogP contribution in [0.25, 0.3) is 0 Å². The Kier molecular flexibility index (Phi) is 5.03. The molecule has 1 aromatic carbocycles. The number of anilines is 1. The zero-order valence-electron chi connectivity index (χ0n) is 12.3. The van der Waals surface area contributed by atoms with Gasteiger partial charge in [-0.1, -0.05) is 6.07 Å². The van der Waals surface area contributed by atoms with Crippen LogP contribution in [0.2, 0.25) is 0 Å². The molecule has 1 unspecified atom stereocenters. The van der Waals surface area contributed by atoms with E-state index in [-0.39, 0.29) is 11.6 Å². The molecule has 7 nitrogen and oxygen atoms in total. The molecule has 0 spiro atoms. The van der Waals surface area contributed by atoms with E-state index in [1.807, 2.05) is 0 Å². The minimum atomic E-state index is -1.11. The lowest BCUT2D eigenvalue weighted by Crippen LogP contribution is -2.38. The summed E-state index contributed by atoms with van der Waals surface area (Å²) in [6.45, 7) is 1.38. The average molecular weight is 313 g/mol. The summed E-state index contributed by atoms with van der Waals surface area (Å²) < 4.78 is 0. The number of pyridine rings is 1. The Morgan fingerprint density at radius 3 is 2.30 bits per heavy atom. The topological polar surface area (TPSA) is 108 Å². The molecule has 2 rings (SSSR count). The van der Waals surface area contributed by atoms with Gasteiger partial charge in [-0.3, -0.25) is 19.4 Å². The maximum absolute atomic E-state index is 11.9. The van der Waals surface area contributed by atoms with Crippen molar-refractivity contribution in [2.75, 3.05) is 5.32 Å². The van der Waals surface area contributed by atoms with E-state index in [1.165, 1.54) is 25.3 Å². The van der Waals surface area contributed by atoms with E-state index in [9.17, 15) is 14.4 Å². The number of aromatic nitrogens is 1. The van der Waals surface area contributed by atoms with Gasteiger partial charge in [0.05, 0.1) is 0 Å². The van der Waals surface area contributed by atoms with Gasteiger partial charge in [0.25, 0.3) is 11.8 Å². The minimum Gasteiger partial charge on any atom is -0.480 e. The minimum absolute atomic E-state index is 0.282. The Morgan fingerprint density at radius 1 is 1.04 bits per heavy atom. The molecule has 0 aliphatic rings. The Morgan fingerprint density at radius 2 is 1.74 bits per heavy atom. The molecule has 0 saturated carbocycles. The number of carboxylic acid groups (broad SMARTS) is 1. The van der Waals surface area contributed by atoms with Crippen LogP contribution in [0.1, 0.15) is 27.8 Å². The summed E-state index contributed by atoms with van der Waals surface area (Å²) in [6, 6.07) is 10.1. The molecule has 23 heavy (non-hydrogen) atoms. The predicted octanol–water partition coefficient (Wildman–Crippen LogP) is 1.54. The molecule has 3 N–H and O–H groups in total. The van der Waals surface area contributed by atoms with E-state index >= 15 is 0 Å². The lowest BCUT2D eigenvalue weighted by Gasteiger charge is -2.10. The summed E-state index contributed by atoms with van der Waals surface area (Å²) in [7, 11) is 0. The van der Waals surface area contributed by atoms with Crippen LogP contribution in [-0.4, -0.2) is 33.9 Å². The second-order valence-corrected chi connectivity index (χ2v) is 4.78. The van der Waals surface area contributed by atoms with Crippen LogP contribution >= 0.6 is 0 Å². The number of hydrogen-bond donors (Lipinski definition) is 3. The van der Waals surface area contributed by atoms with Crippen molar-refractivity contribution in [3.8, 4) is 0 Å². The Labute approximate surface area is 132 Å². The molecule has 1 atom stereocenters. The molecule has 0 aliphatic carbocycles. The fourth-order valence-corrected chi connectivity index (χ4v) is 1.74. The number of nitrogens with zero attached hydrogens (tertiary/aromatic N) is 1. The maximum Gasteiger partial charge on any atom is 0.325 e. The molecule has 7 heteroatoms. The molecule has 0 bridgehead atoms. The molecule has 0 aliphatic heterocycles. The van der Waals surface area contributed by atoms with E-state index in [2.05, 4.69) is 15.6 Å². The molecule has 0 fully saturated rings. The summed E-state index contributed by atoms with van der Waals surface area (Å²) in [5.41, 5.74) is 1.09. The van der Waals surface area contributed by atoms with Crippen molar-refractivity contribution in [3.63, 3.8) is 0 Å². The lowest BCUT2D eigenvalue weighted by atomic mass is 10.1. The summed E-state index contributed by atoms with van der Waals surface area (Å²) in [5, 5.41) is 13.8. The Balaban J connectivity index is 2.01. The van der Waals surface area contributed by atoms with Gasteiger partial charge in [0, 0.05) is 17.4 Å². The first-order valence-electron chi connectivity index (χ1n) is 6.83. The molecule has 2 amide bonds. The lowest BCUT2D eigenvalue weighted by molar-refractivity contribution is -0.138. The van der Waals surface area contributed by atoms with E-state index in [4.69, 9.17) is 5.11 Å². The third-order valence-electron chi connectivity index (χ3n) is 3.02. The van der Waals surface area contributed by atoms with Gasteiger partial charge in [-0.15, -0.1) is 0 Å². The third kappa shape index (κ3) is 4.37. The normalized spacial score (nSPS) is 11.3. The van der Waals surface area contributed by atoms with Crippen LogP contribution in [0.5, 0.6) is 0 Å². The van der Waals surface area contributed by atoms with Gasteiger partial charge in [-0.2, -0.15) is 0 Å². The first-order valence-corrected chi connectivity index (χ1v) is 6.83. The first kappa shape index (κ1) is 16.2. The van der Waals surface area contributed by atoms with Crippen LogP contribution in [0.15, 0.2) is 48.7 Å². The first-order chi connectivity index (χ1) is 11.0. The van der Waals surface area contributed by atoms with Crippen molar-refractivity contribution < 1.29 is 19.5 Å². The van der Waals surface area contributed by atoms with Gasteiger partial charge >= 0.3 is 5.97 Å². The smallest absolute Gasteiger partial charge is 0.325 e. The number of rotatable bonds is 5. The van der Waals surface area contributed by atoms with E-state index in [0.717, 1.165) is 0 Å². The van der Waals surface area contributed by atoms with Gasteiger partial charge in [-0.25, -0.2) is 0 Å². The quantitative estimate of drug-likeness (QED) is 0.776. The average Bonchev–Trinajstić information content (AvgIpc) is 2.56. The second kappa shape index (κ2) is 7.17. The number of carboxylic acids is 1. The van der Waals surface area contributed by atoms with Crippen molar-refractivity contribution >= 4 is 23.5 Å². The fourth-order valence-electron chi connectivity index (χ4n) is 1.74. The van der Waals surface area contributed by atoms with E-state index < -0.39 is 17.9 Å². The highest BCUT2D eigenvalue weighted by Gasteiger charge is 2.15. The molecule has 1 aromatic heterocycles. The number of carbonyl (C=O) groups excluding carboxylic acids is 2. The zero-order chi connectivity index (χ0) is 16.8. The van der Waals surface area contributed by atoms with Crippen molar-refractivity contribution in [3.05, 3.63) is 59.9 Å². The van der Waals surface area contributed by atoms with Gasteiger partial charge in [0.15, 0.2) is 0 Å².